The van der Waals surface area contributed by atoms with Gasteiger partial charge < -0.3 is 19.7 Å². The number of ether oxygens (including phenoxy) is 2. The number of hydrogen-bond donors (Lipinski definition) is 2. The van der Waals surface area contributed by atoms with E-state index < -0.39 is 11.9 Å². The van der Waals surface area contributed by atoms with Crippen molar-refractivity contribution in [2.45, 2.75) is 25.7 Å². The van der Waals surface area contributed by atoms with Crippen LogP contribution in [0.1, 0.15) is 25.7 Å². The van der Waals surface area contributed by atoms with Crippen molar-refractivity contribution in [3.8, 4) is 11.6 Å². The third-order valence-corrected chi connectivity index (χ3v) is 3.23. The van der Waals surface area contributed by atoms with E-state index in [2.05, 4.69) is 4.98 Å². The number of carboxylic acids is 2. The van der Waals surface area contributed by atoms with E-state index in [4.69, 9.17) is 19.7 Å². The summed E-state index contributed by atoms with van der Waals surface area (Å²) in [5, 5.41) is 18.1. The van der Waals surface area contributed by atoms with Gasteiger partial charge in [-0.3, -0.25) is 9.59 Å². The minimum atomic E-state index is -0.852. The summed E-state index contributed by atoms with van der Waals surface area (Å²) in [6.45, 7) is 0.610. The van der Waals surface area contributed by atoms with E-state index in [1.165, 1.54) is 0 Å². The lowest BCUT2D eigenvalue weighted by atomic mass is 10.2. The molecule has 2 N–H and O–H groups in total. The molecule has 2 aromatic rings. The highest BCUT2D eigenvalue weighted by Gasteiger charge is 2.04. The van der Waals surface area contributed by atoms with Crippen LogP contribution in [-0.2, 0) is 9.59 Å². The number of nitrogens with zero attached hydrogens (tertiary/aromatic N) is 1. The molecule has 1 aromatic carbocycles. The Balaban J connectivity index is 1.93. The number of carboxylic acid groups (broad SMARTS) is 2. The average Bonchev–Trinajstić information content (AvgIpc) is 2.55. The van der Waals surface area contributed by atoms with Gasteiger partial charge in [-0.05, 0) is 31.0 Å². The van der Waals surface area contributed by atoms with Crippen LogP contribution in [0, 0.1) is 0 Å². The highest BCUT2D eigenvalue weighted by Crippen LogP contribution is 2.22. The van der Waals surface area contributed by atoms with Crippen molar-refractivity contribution in [3.05, 3.63) is 30.3 Å². The Kier molecular flexibility index (Phi) is 6.36. The Morgan fingerprint density at radius 1 is 0.917 bits per heavy atom. The van der Waals surface area contributed by atoms with Gasteiger partial charge in [0.05, 0.1) is 18.7 Å². The predicted octanol–water partition coefficient (Wildman–Crippen LogP) is 2.72. The first-order valence-corrected chi connectivity index (χ1v) is 7.64. The standard InChI is InChI=1S/C17H19NO6/c19-16(20)3-1-9-23-13-7-5-12-6-8-15(18-14(12)11-13)24-10-2-4-17(21)22/h5-8,11H,1-4,9-10H2,(H,19,20)(H,21,22). The number of aromatic nitrogens is 1. The van der Waals surface area contributed by atoms with Crippen LogP contribution in [0.4, 0.5) is 0 Å². The summed E-state index contributed by atoms with van der Waals surface area (Å²) in [6, 6.07) is 9.03. The van der Waals surface area contributed by atoms with Crippen LogP contribution in [0.3, 0.4) is 0 Å². The summed E-state index contributed by atoms with van der Waals surface area (Å²) < 4.78 is 11.0. The van der Waals surface area contributed by atoms with Crippen molar-refractivity contribution in [1.29, 1.82) is 0 Å². The molecule has 128 valence electrons. The zero-order valence-corrected chi connectivity index (χ0v) is 13.1. The van der Waals surface area contributed by atoms with Gasteiger partial charge in [-0.15, -0.1) is 0 Å². The highest BCUT2D eigenvalue weighted by molar-refractivity contribution is 5.80. The Morgan fingerprint density at radius 3 is 2.21 bits per heavy atom. The highest BCUT2D eigenvalue weighted by atomic mass is 16.5. The lowest BCUT2D eigenvalue weighted by Crippen LogP contribution is -2.03. The van der Waals surface area contributed by atoms with Crippen LogP contribution in [0.15, 0.2) is 30.3 Å². The zero-order chi connectivity index (χ0) is 17.4. The zero-order valence-electron chi connectivity index (χ0n) is 13.1. The van der Waals surface area contributed by atoms with E-state index in [9.17, 15) is 9.59 Å². The monoisotopic (exact) mass is 333 g/mol. The fourth-order valence-corrected chi connectivity index (χ4v) is 2.06. The Bertz CT molecular complexity index is 659. The van der Waals surface area contributed by atoms with Crippen LogP contribution in [0.2, 0.25) is 0 Å². The van der Waals surface area contributed by atoms with E-state index in [0.29, 0.717) is 36.6 Å². The van der Waals surface area contributed by atoms with Gasteiger partial charge in [-0.25, -0.2) is 4.98 Å². The quantitative estimate of drug-likeness (QED) is 0.644. The number of benzene rings is 1. The van der Waals surface area contributed by atoms with Crippen molar-refractivity contribution < 1.29 is 29.3 Å². The van der Waals surface area contributed by atoms with Crippen molar-refractivity contribution in [2.24, 2.45) is 0 Å². The Hall–Kier alpha value is -2.83. The molecule has 0 spiro atoms. The average molecular weight is 333 g/mol. The smallest absolute Gasteiger partial charge is 0.303 e. The maximum absolute atomic E-state index is 10.5. The minimum absolute atomic E-state index is 0.0575. The molecule has 2 rings (SSSR count). The van der Waals surface area contributed by atoms with Gasteiger partial charge >= 0.3 is 11.9 Å². The molecule has 1 heterocycles. The summed E-state index contributed by atoms with van der Waals surface area (Å²) in [5.41, 5.74) is 0.696. The number of carbonyl (C=O) groups is 2. The molecule has 0 aliphatic heterocycles. The molecule has 0 aliphatic rings. The molecule has 0 bridgehead atoms. The first-order chi connectivity index (χ1) is 11.5. The predicted molar refractivity (Wildman–Crippen MR) is 86.5 cm³/mol. The van der Waals surface area contributed by atoms with E-state index in [0.717, 1.165) is 5.39 Å². The maximum Gasteiger partial charge on any atom is 0.303 e. The summed E-state index contributed by atoms with van der Waals surface area (Å²) in [5.74, 6) is -0.655. The number of rotatable bonds is 10. The van der Waals surface area contributed by atoms with Crippen LogP contribution < -0.4 is 9.47 Å². The molecule has 0 aliphatic carbocycles. The molecule has 24 heavy (non-hydrogen) atoms. The molecule has 0 radical (unpaired) electrons. The molecule has 0 unspecified atom stereocenters. The van der Waals surface area contributed by atoms with E-state index in [1.54, 1.807) is 18.2 Å². The lowest BCUT2D eigenvalue weighted by molar-refractivity contribution is -0.138. The van der Waals surface area contributed by atoms with Crippen molar-refractivity contribution >= 4 is 22.8 Å². The Morgan fingerprint density at radius 2 is 1.54 bits per heavy atom. The van der Waals surface area contributed by atoms with Crippen molar-refractivity contribution in [2.75, 3.05) is 13.2 Å². The van der Waals surface area contributed by atoms with Gasteiger partial charge in [0.25, 0.3) is 0 Å². The van der Waals surface area contributed by atoms with Gasteiger partial charge in [0, 0.05) is 30.4 Å². The molecule has 0 fully saturated rings. The van der Waals surface area contributed by atoms with Gasteiger partial charge in [0.1, 0.15) is 5.75 Å². The number of fused-ring (bicyclic) bond motifs is 1. The van der Waals surface area contributed by atoms with Crippen LogP contribution in [-0.4, -0.2) is 40.3 Å². The third-order valence-electron chi connectivity index (χ3n) is 3.23. The third kappa shape index (κ3) is 5.75. The molecule has 0 saturated carbocycles. The second-order valence-electron chi connectivity index (χ2n) is 5.20. The topological polar surface area (TPSA) is 106 Å². The van der Waals surface area contributed by atoms with Crippen LogP contribution in [0.25, 0.3) is 10.9 Å². The second-order valence-corrected chi connectivity index (χ2v) is 5.20. The fraction of sp³-hybridized carbons (Fsp3) is 0.353. The van der Waals surface area contributed by atoms with Gasteiger partial charge in [0.15, 0.2) is 0 Å². The molecule has 7 heteroatoms. The van der Waals surface area contributed by atoms with Crippen molar-refractivity contribution in [3.63, 3.8) is 0 Å². The maximum atomic E-state index is 10.5. The molecule has 0 saturated heterocycles. The SMILES string of the molecule is O=C(O)CCCOc1ccc2ccc(OCCCC(=O)O)nc2c1. The summed E-state index contributed by atoms with van der Waals surface area (Å²) in [4.78, 5) is 25.3. The first kappa shape index (κ1) is 17.5. The van der Waals surface area contributed by atoms with E-state index in [1.807, 2.05) is 12.1 Å². The fourth-order valence-electron chi connectivity index (χ4n) is 2.06. The largest absolute Gasteiger partial charge is 0.494 e. The molecule has 7 nitrogen and oxygen atoms in total. The van der Waals surface area contributed by atoms with Gasteiger partial charge in [0.2, 0.25) is 5.88 Å². The Labute approximate surface area is 138 Å². The van der Waals surface area contributed by atoms with E-state index >= 15 is 0 Å². The first-order valence-electron chi connectivity index (χ1n) is 7.64. The minimum Gasteiger partial charge on any atom is -0.494 e. The van der Waals surface area contributed by atoms with Crippen LogP contribution >= 0.6 is 0 Å². The molecule has 0 amide bonds. The lowest BCUT2D eigenvalue weighted by Gasteiger charge is -2.08. The summed E-state index contributed by atoms with van der Waals surface area (Å²) in [7, 11) is 0. The second kappa shape index (κ2) is 8.71. The normalized spacial score (nSPS) is 10.5. The summed E-state index contributed by atoms with van der Waals surface area (Å²) >= 11 is 0. The van der Waals surface area contributed by atoms with Gasteiger partial charge in [-0.1, -0.05) is 0 Å². The molecular formula is C17H19NO6. The molecular weight excluding hydrogens is 314 g/mol. The molecule has 0 atom stereocenters. The summed E-state index contributed by atoms with van der Waals surface area (Å²) in [6.07, 6.45) is 0.984. The molecule has 1 aromatic heterocycles. The number of pyridine rings is 1. The number of hydrogen-bond acceptors (Lipinski definition) is 5. The van der Waals surface area contributed by atoms with Crippen LogP contribution in [0.5, 0.6) is 11.6 Å². The number of aliphatic carboxylic acids is 2. The van der Waals surface area contributed by atoms with Crippen molar-refractivity contribution in [1.82, 2.24) is 4.98 Å². The van der Waals surface area contributed by atoms with E-state index in [-0.39, 0.29) is 19.4 Å². The van der Waals surface area contributed by atoms with Gasteiger partial charge in [-0.2, -0.15) is 0 Å².